The summed E-state index contributed by atoms with van der Waals surface area (Å²) >= 11 is 0. The van der Waals surface area contributed by atoms with E-state index in [1.807, 2.05) is 6.07 Å². The SMILES string of the molecule is CC1CCN(S(=O)(=O)c2ccccc2C#N)C(CN)C1. The van der Waals surface area contributed by atoms with Gasteiger partial charge in [-0.3, -0.25) is 0 Å². The molecule has 2 atom stereocenters. The first kappa shape index (κ1) is 15.0. The van der Waals surface area contributed by atoms with Crippen molar-refractivity contribution < 1.29 is 8.42 Å². The first-order chi connectivity index (χ1) is 9.50. The van der Waals surface area contributed by atoms with Crippen molar-refractivity contribution in [1.29, 1.82) is 5.26 Å². The van der Waals surface area contributed by atoms with Crippen LogP contribution in [0.5, 0.6) is 0 Å². The van der Waals surface area contributed by atoms with Gasteiger partial charge in [-0.25, -0.2) is 8.42 Å². The molecule has 1 aromatic rings. The largest absolute Gasteiger partial charge is 0.329 e. The van der Waals surface area contributed by atoms with Crippen LogP contribution in [-0.2, 0) is 10.0 Å². The number of nitrogens with zero attached hydrogens (tertiary/aromatic N) is 2. The summed E-state index contributed by atoms with van der Waals surface area (Å²) in [6, 6.07) is 8.07. The summed E-state index contributed by atoms with van der Waals surface area (Å²) in [5.74, 6) is 0.473. The third kappa shape index (κ3) is 2.70. The van der Waals surface area contributed by atoms with Crippen molar-refractivity contribution in [3.8, 4) is 6.07 Å². The quantitative estimate of drug-likeness (QED) is 0.910. The summed E-state index contributed by atoms with van der Waals surface area (Å²) < 4.78 is 27.0. The molecule has 2 unspecified atom stereocenters. The van der Waals surface area contributed by atoms with Gasteiger partial charge < -0.3 is 5.73 Å². The van der Waals surface area contributed by atoms with Crippen molar-refractivity contribution in [2.24, 2.45) is 11.7 Å². The fraction of sp³-hybridized carbons (Fsp3) is 0.500. The Morgan fingerprint density at radius 2 is 2.15 bits per heavy atom. The summed E-state index contributed by atoms with van der Waals surface area (Å²) in [7, 11) is -3.66. The molecule has 20 heavy (non-hydrogen) atoms. The third-order valence-corrected chi connectivity index (χ3v) is 5.80. The van der Waals surface area contributed by atoms with Gasteiger partial charge >= 0.3 is 0 Å². The molecule has 2 rings (SSSR count). The highest BCUT2D eigenvalue weighted by atomic mass is 32.2. The van der Waals surface area contributed by atoms with Gasteiger partial charge in [-0.15, -0.1) is 0 Å². The summed E-state index contributed by atoms with van der Waals surface area (Å²) in [4.78, 5) is 0.0792. The number of benzene rings is 1. The minimum atomic E-state index is -3.66. The lowest BCUT2D eigenvalue weighted by molar-refractivity contribution is 0.211. The molecule has 1 aliphatic heterocycles. The Balaban J connectivity index is 2.42. The minimum Gasteiger partial charge on any atom is -0.329 e. The first-order valence-electron chi connectivity index (χ1n) is 6.71. The van der Waals surface area contributed by atoms with Gasteiger partial charge in [-0.2, -0.15) is 9.57 Å². The molecule has 1 saturated heterocycles. The van der Waals surface area contributed by atoms with E-state index >= 15 is 0 Å². The average molecular weight is 293 g/mol. The molecule has 2 N–H and O–H groups in total. The van der Waals surface area contributed by atoms with Crippen LogP contribution in [-0.4, -0.2) is 31.9 Å². The van der Waals surface area contributed by atoms with Gasteiger partial charge in [0.25, 0.3) is 0 Å². The van der Waals surface area contributed by atoms with E-state index in [4.69, 9.17) is 11.0 Å². The zero-order chi connectivity index (χ0) is 14.8. The van der Waals surface area contributed by atoms with Crippen LogP contribution in [0.15, 0.2) is 29.2 Å². The van der Waals surface area contributed by atoms with Crippen LogP contribution in [0.2, 0.25) is 0 Å². The first-order valence-corrected chi connectivity index (χ1v) is 8.15. The Labute approximate surface area is 120 Å². The standard InChI is InChI=1S/C14H19N3O2S/c1-11-6-7-17(13(8-11)10-16)20(18,19)14-5-3-2-4-12(14)9-15/h2-5,11,13H,6-8,10,16H2,1H3. The second-order valence-corrected chi connectivity index (χ2v) is 7.10. The molecule has 108 valence electrons. The molecule has 1 fully saturated rings. The van der Waals surface area contributed by atoms with E-state index in [1.165, 1.54) is 16.4 Å². The van der Waals surface area contributed by atoms with E-state index in [0.717, 1.165) is 12.8 Å². The number of nitriles is 1. The molecule has 0 aromatic heterocycles. The smallest absolute Gasteiger partial charge is 0.244 e. The normalized spacial score (nSPS) is 24.2. The van der Waals surface area contributed by atoms with Gasteiger partial charge in [0.2, 0.25) is 10.0 Å². The maximum Gasteiger partial charge on any atom is 0.244 e. The van der Waals surface area contributed by atoms with Crippen LogP contribution >= 0.6 is 0 Å². The van der Waals surface area contributed by atoms with Gasteiger partial charge in [-0.1, -0.05) is 19.1 Å². The van der Waals surface area contributed by atoms with Crippen molar-refractivity contribution in [3.63, 3.8) is 0 Å². The van der Waals surface area contributed by atoms with E-state index in [0.29, 0.717) is 19.0 Å². The maximum absolute atomic E-state index is 12.8. The predicted molar refractivity (Wildman–Crippen MR) is 76.3 cm³/mol. The molecule has 0 aliphatic carbocycles. The van der Waals surface area contributed by atoms with Crippen LogP contribution in [0.4, 0.5) is 0 Å². The van der Waals surface area contributed by atoms with Crippen LogP contribution in [0.3, 0.4) is 0 Å². The van der Waals surface area contributed by atoms with Crippen LogP contribution in [0.1, 0.15) is 25.3 Å². The molecule has 6 heteroatoms. The molecule has 0 amide bonds. The molecular weight excluding hydrogens is 274 g/mol. The number of rotatable bonds is 3. The molecule has 1 heterocycles. The monoisotopic (exact) mass is 293 g/mol. The minimum absolute atomic E-state index is 0.0792. The van der Waals surface area contributed by atoms with Gasteiger partial charge in [0.1, 0.15) is 6.07 Å². The third-order valence-electron chi connectivity index (χ3n) is 3.79. The Morgan fingerprint density at radius 3 is 2.80 bits per heavy atom. The van der Waals surface area contributed by atoms with Crippen LogP contribution in [0, 0.1) is 17.2 Å². The fourth-order valence-electron chi connectivity index (χ4n) is 2.67. The van der Waals surface area contributed by atoms with E-state index in [2.05, 4.69) is 6.92 Å². The van der Waals surface area contributed by atoms with Crippen LogP contribution in [0.25, 0.3) is 0 Å². The maximum atomic E-state index is 12.8. The molecule has 0 saturated carbocycles. The molecule has 0 radical (unpaired) electrons. The molecular formula is C14H19N3O2S. The summed E-state index contributed by atoms with van der Waals surface area (Å²) in [6.07, 6.45) is 1.59. The average Bonchev–Trinajstić information content (AvgIpc) is 2.46. The fourth-order valence-corrected chi connectivity index (χ4v) is 4.48. The number of piperidine rings is 1. The number of nitrogens with two attached hydrogens (primary N) is 1. The zero-order valence-corrected chi connectivity index (χ0v) is 12.3. The highest BCUT2D eigenvalue weighted by Crippen LogP contribution is 2.29. The second kappa shape index (κ2) is 5.92. The summed E-state index contributed by atoms with van der Waals surface area (Å²) in [5, 5.41) is 9.09. The lowest BCUT2D eigenvalue weighted by Gasteiger charge is -2.36. The van der Waals surface area contributed by atoms with E-state index in [9.17, 15) is 8.42 Å². The van der Waals surface area contributed by atoms with Crippen molar-refractivity contribution in [2.45, 2.75) is 30.7 Å². The summed E-state index contributed by atoms with van der Waals surface area (Å²) in [6.45, 7) is 2.87. The predicted octanol–water partition coefficient (Wildman–Crippen LogP) is 1.31. The van der Waals surface area contributed by atoms with Gasteiger partial charge in [-0.05, 0) is 30.9 Å². The topological polar surface area (TPSA) is 87.2 Å². The van der Waals surface area contributed by atoms with Gasteiger partial charge in [0.15, 0.2) is 0 Å². The Hall–Kier alpha value is -1.42. The second-order valence-electron chi connectivity index (χ2n) is 5.24. The molecule has 0 bridgehead atoms. The Bertz CT molecular complexity index is 622. The van der Waals surface area contributed by atoms with E-state index < -0.39 is 10.0 Å². The van der Waals surface area contributed by atoms with E-state index in [1.54, 1.807) is 12.1 Å². The van der Waals surface area contributed by atoms with Crippen LogP contribution < -0.4 is 5.73 Å². The molecule has 1 aromatic carbocycles. The highest BCUT2D eigenvalue weighted by Gasteiger charge is 2.35. The lowest BCUT2D eigenvalue weighted by Crippen LogP contribution is -2.49. The van der Waals surface area contributed by atoms with Gasteiger partial charge in [0, 0.05) is 19.1 Å². The molecule has 1 aliphatic rings. The lowest BCUT2D eigenvalue weighted by atomic mass is 9.94. The Morgan fingerprint density at radius 1 is 1.45 bits per heavy atom. The van der Waals surface area contributed by atoms with E-state index in [-0.39, 0.29) is 16.5 Å². The van der Waals surface area contributed by atoms with Crippen molar-refractivity contribution in [3.05, 3.63) is 29.8 Å². The van der Waals surface area contributed by atoms with Crippen molar-refractivity contribution in [2.75, 3.05) is 13.1 Å². The Kier molecular flexibility index (Phi) is 4.43. The highest BCUT2D eigenvalue weighted by molar-refractivity contribution is 7.89. The van der Waals surface area contributed by atoms with Crippen molar-refractivity contribution in [1.82, 2.24) is 4.31 Å². The zero-order valence-electron chi connectivity index (χ0n) is 11.5. The number of sulfonamides is 1. The molecule has 0 spiro atoms. The number of hydrogen-bond donors (Lipinski definition) is 1. The number of hydrogen-bond acceptors (Lipinski definition) is 4. The molecule has 5 nitrogen and oxygen atoms in total. The summed E-state index contributed by atoms with van der Waals surface area (Å²) in [5.41, 5.74) is 5.91. The van der Waals surface area contributed by atoms with Crippen molar-refractivity contribution >= 4 is 10.0 Å². The van der Waals surface area contributed by atoms with Gasteiger partial charge in [0.05, 0.1) is 10.5 Å².